The molecule has 2 aliphatic heterocycles. The van der Waals surface area contributed by atoms with Gasteiger partial charge in [0.2, 0.25) is 5.95 Å². The number of anilines is 3. The van der Waals surface area contributed by atoms with Gasteiger partial charge in [0.1, 0.15) is 17.5 Å². The summed E-state index contributed by atoms with van der Waals surface area (Å²) in [7, 11) is 0. The van der Waals surface area contributed by atoms with Crippen molar-refractivity contribution in [3.8, 4) is 11.3 Å². The molecular formula is C26H27ClF4N6. The molecule has 0 N–H and O–H groups in total. The first-order valence-electron chi connectivity index (χ1n) is 12.3. The van der Waals surface area contributed by atoms with Crippen LogP contribution in [-0.4, -0.2) is 53.7 Å². The Labute approximate surface area is 217 Å². The highest BCUT2D eigenvalue weighted by Crippen LogP contribution is 2.36. The lowest BCUT2D eigenvalue weighted by Crippen LogP contribution is -2.53. The maximum Gasteiger partial charge on any atom is 0.419 e. The summed E-state index contributed by atoms with van der Waals surface area (Å²) in [5, 5.41) is 0.00926. The first kappa shape index (κ1) is 25.5. The standard InChI is InChI=1S/C26H27ClF4N6/c1-17-16-36(24-19(26(29,30)31)6-5-9-32-24)12-13-37(17)23-15-22(18-7-8-21(28)20(27)14-18)33-25(34-23)35-10-3-2-4-11-35/h5-9,14-15,17H,2-4,10-13,16H2,1H3/t17-/m1/s1. The van der Waals surface area contributed by atoms with Crippen molar-refractivity contribution in [2.75, 3.05) is 47.4 Å². The zero-order valence-corrected chi connectivity index (χ0v) is 21.1. The van der Waals surface area contributed by atoms with E-state index in [2.05, 4.69) is 14.8 Å². The zero-order valence-electron chi connectivity index (χ0n) is 20.3. The normalized spacial score (nSPS) is 18.9. The molecule has 0 radical (unpaired) electrons. The summed E-state index contributed by atoms with van der Waals surface area (Å²) in [6, 6.07) is 8.55. The largest absolute Gasteiger partial charge is 0.419 e. The van der Waals surface area contributed by atoms with Gasteiger partial charge in [0.15, 0.2) is 0 Å². The molecule has 0 aliphatic carbocycles. The van der Waals surface area contributed by atoms with E-state index in [0.29, 0.717) is 42.7 Å². The van der Waals surface area contributed by atoms with Crippen LogP contribution in [0.4, 0.5) is 35.1 Å². The van der Waals surface area contributed by atoms with Crippen LogP contribution in [0.3, 0.4) is 0 Å². The maximum atomic E-state index is 13.8. The van der Waals surface area contributed by atoms with Crippen LogP contribution >= 0.6 is 11.6 Å². The van der Waals surface area contributed by atoms with Crippen molar-refractivity contribution in [2.45, 2.75) is 38.4 Å². The number of hydrogen-bond donors (Lipinski definition) is 0. The van der Waals surface area contributed by atoms with E-state index in [9.17, 15) is 17.6 Å². The third-order valence-electron chi connectivity index (χ3n) is 6.87. The molecule has 4 heterocycles. The molecule has 6 nitrogen and oxygen atoms in total. The second kappa shape index (κ2) is 10.3. The summed E-state index contributed by atoms with van der Waals surface area (Å²) in [4.78, 5) is 19.6. The van der Waals surface area contributed by atoms with E-state index in [4.69, 9.17) is 21.6 Å². The lowest BCUT2D eigenvalue weighted by molar-refractivity contribution is -0.137. The molecule has 2 aliphatic rings. The molecule has 11 heteroatoms. The molecule has 0 amide bonds. The predicted molar refractivity (Wildman–Crippen MR) is 137 cm³/mol. The Bertz CT molecular complexity index is 1260. The Morgan fingerprint density at radius 1 is 0.946 bits per heavy atom. The maximum absolute atomic E-state index is 13.8. The fourth-order valence-electron chi connectivity index (χ4n) is 4.97. The van der Waals surface area contributed by atoms with E-state index in [-0.39, 0.29) is 16.9 Å². The topological polar surface area (TPSA) is 48.4 Å². The van der Waals surface area contributed by atoms with Crippen LogP contribution in [0.15, 0.2) is 42.6 Å². The number of piperazine rings is 1. The van der Waals surface area contributed by atoms with Gasteiger partial charge in [-0.3, -0.25) is 0 Å². The molecule has 0 bridgehead atoms. The minimum Gasteiger partial charge on any atom is -0.352 e. The van der Waals surface area contributed by atoms with Gasteiger partial charge < -0.3 is 14.7 Å². The van der Waals surface area contributed by atoms with Crippen LogP contribution in [0.2, 0.25) is 5.02 Å². The summed E-state index contributed by atoms with van der Waals surface area (Å²) >= 11 is 6.05. The van der Waals surface area contributed by atoms with Gasteiger partial charge in [-0.2, -0.15) is 18.2 Å². The molecule has 1 aromatic carbocycles. The van der Waals surface area contributed by atoms with Crippen LogP contribution in [0.25, 0.3) is 11.3 Å². The molecule has 2 saturated heterocycles. The average Bonchev–Trinajstić information content (AvgIpc) is 2.90. The van der Waals surface area contributed by atoms with Crippen molar-refractivity contribution in [3.05, 3.63) is 59.0 Å². The third-order valence-corrected chi connectivity index (χ3v) is 7.16. The summed E-state index contributed by atoms with van der Waals surface area (Å²) in [5.41, 5.74) is 0.551. The fraction of sp³-hybridized carbons (Fsp3) is 0.423. The van der Waals surface area contributed by atoms with Crippen molar-refractivity contribution in [2.24, 2.45) is 0 Å². The number of rotatable bonds is 4. The Morgan fingerprint density at radius 3 is 2.43 bits per heavy atom. The molecule has 2 fully saturated rings. The highest BCUT2D eigenvalue weighted by atomic mass is 35.5. The zero-order chi connectivity index (χ0) is 26.2. The lowest BCUT2D eigenvalue weighted by Gasteiger charge is -2.42. The lowest BCUT2D eigenvalue weighted by atomic mass is 10.1. The van der Waals surface area contributed by atoms with Gasteiger partial charge in [-0.25, -0.2) is 14.4 Å². The molecule has 0 unspecified atom stereocenters. The van der Waals surface area contributed by atoms with Crippen molar-refractivity contribution >= 4 is 29.2 Å². The third kappa shape index (κ3) is 5.44. The Hall–Kier alpha value is -3.14. The number of aromatic nitrogens is 3. The summed E-state index contributed by atoms with van der Waals surface area (Å²) < 4.78 is 54.6. The van der Waals surface area contributed by atoms with E-state index in [0.717, 1.165) is 38.4 Å². The van der Waals surface area contributed by atoms with E-state index in [1.807, 2.05) is 13.0 Å². The quantitative estimate of drug-likeness (QED) is 0.379. The van der Waals surface area contributed by atoms with Crippen LogP contribution in [0.1, 0.15) is 31.7 Å². The summed E-state index contributed by atoms with van der Waals surface area (Å²) in [6.45, 7) is 4.80. The molecule has 1 atom stereocenters. The molecule has 0 spiro atoms. The number of piperidine rings is 1. The number of pyridine rings is 1. The number of hydrogen-bond acceptors (Lipinski definition) is 6. The first-order chi connectivity index (χ1) is 17.7. The van der Waals surface area contributed by atoms with Crippen molar-refractivity contribution in [1.29, 1.82) is 0 Å². The molecule has 0 saturated carbocycles. The Balaban J connectivity index is 1.47. The Morgan fingerprint density at radius 2 is 1.73 bits per heavy atom. The SMILES string of the molecule is C[C@@H]1CN(c2ncccc2C(F)(F)F)CCN1c1cc(-c2ccc(F)c(Cl)c2)nc(N2CCCCC2)n1. The molecular weight excluding hydrogens is 508 g/mol. The number of nitrogens with zero attached hydrogens (tertiary/aromatic N) is 6. The van der Waals surface area contributed by atoms with Gasteiger partial charge in [-0.05, 0) is 56.5 Å². The summed E-state index contributed by atoms with van der Waals surface area (Å²) in [6.07, 6.45) is 0.156. The smallest absolute Gasteiger partial charge is 0.352 e. The first-order valence-corrected chi connectivity index (χ1v) is 12.7. The van der Waals surface area contributed by atoms with Gasteiger partial charge in [-0.1, -0.05) is 11.6 Å². The minimum atomic E-state index is -4.48. The molecule has 3 aromatic rings. The van der Waals surface area contributed by atoms with E-state index in [1.165, 1.54) is 18.3 Å². The highest BCUT2D eigenvalue weighted by Gasteiger charge is 2.37. The monoisotopic (exact) mass is 534 g/mol. The number of halogens is 5. The van der Waals surface area contributed by atoms with Crippen molar-refractivity contribution in [3.63, 3.8) is 0 Å². The Kier molecular flexibility index (Phi) is 7.11. The summed E-state index contributed by atoms with van der Waals surface area (Å²) in [5.74, 6) is 0.704. The van der Waals surface area contributed by atoms with Crippen LogP contribution < -0.4 is 14.7 Å². The molecule has 37 heavy (non-hydrogen) atoms. The van der Waals surface area contributed by atoms with Gasteiger partial charge >= 0.3 is 6.18 Å². The van der Waals surface area contributed by atoms with E-state index in [1.54, 1.807) is 17.0 Å². The fourth-order valence-corrected chi connectivity index (χ4v) is 5.15. The van der Waals surface area contributed by atoms with Gasteiger partial charge in [0, 0.05) is 56.6 Å². The number of benzene rings is 1. The van der Waals surface area contributed by atoms with Crippen molar-refractivity contribution < 1.29 is 17.6 Å². The van der Waals surface area contributed by atoms with Gasteiger partial charge in [-0.15, -0.1) is 0 Å². The molecule has 196 valence electrons. The van der Waals surface area contributed by atoms with Gasteiger partial charge in [0.05, 0.1) is 16.3 Å². The molecule has 5 rings (SSSR count). The van der Waals surface area contributed by atoms with E-state index < -0.39 is 17.6 Å². The van der Waals surface area contributed by atoms with Crippen LogP contribution in [0, 0.1) is 5.82 Å². The van der Waals surface area contributed by atoms with Crippen LogP contribution in [-0.2, 0) is 6.18 Å². The number of alkyl halides is 3. The van der Waals surface area contributed by atoms with Gasteiger partial charge in [0.25, 0.3) is 0 Å². The minimum absolute atomic E-state index is 0.00926. The van der Waals surface area contributed by atoms with Crippen LogP contribution in [0.5, 0.6) is 0 Å². The molecule has 2 aromatic heterocycles. The van der Waals surface area contributed by atoms with E-state index >= 15 is 0 Å². The highest BCUT2D eigenvalue weighted by molar-refractivity contribution is 6.31. The second-order valence-corrected chi connectivity index (χ2v) is 9.86. The second-order valence-electron chi connectivity index (χ2n) is 9.45. The average molecular weight is 535 g/mol. The predicted octanol–water partition coefficient (Wildman–Crippen LogP) is 6.06. The van der Waals surface area contributed by atoms with Crippen molar-refractivity contribution in [1.82, 2.24) is 15.0 Å².